The minimum Gasteiger partial charge on any atom is -0.497 e. The number of urea groups is 1. The van der Waals surface area contributed by atoms with E-state index < -0.39 is 22.8 Å². The highest BCUT2D eigenvalue weighted by Crippen LogP contribution is 2.58. The molecule has 1 heterocycles. The minimum atomic E-state index is -0.995. The number of carbonyl (C=O) groups excluding carboxylic acids is 3. The molecule has 4 amide bonds. The van der Waals surface area contributed by atoms with Gasteiger partial charge in [0.05, 0.1) is 19.2 Å². The number of rotatable bonds is 7. The molecule has 0 N–H and O–H groups in total. The van der Waals surface area contributed by atoms with Crippen molar-refractivity contribution in [3.05, 3.63) is 65.7 Å². The molecule has 2 aromatic rings. The summed E-state index contributed by atoms with van der Waals surface area (Å²) >= 11 is 0. The van der Waals surface area contributed by atoms with E-state index in [0.29, 0.717) is 25.3 Å². The van der Waals surface area contributed by atoms with Crippen molar-refractivity contribution in [3.8, 4) is 5.75 Å². The van der Waals surface area contributed by atoms with Crippen LogP contribution < -0.4 is 4.74 Å². The Hall–Kier alpha value is -3.55. The quantitative estimate of drug-likeness (QED) is 0.436. The van der Waals surface area contributed by atoms with Gasteiger partial charge in [-0.1, -0.05) is 48.9 Å². The normalized spacial score (nSPS) is 24.9. The molecule has 2 aromatic carbocycles. The summed E-state index contributed by atoms with van der Waals surface area (Å²) in [5.74, 6) is 0.930. The fourth-order valence-corrected chi connectivity index (χ4v) is 6.17. The molecule has 0 aromatic heterocycles. The van der Waals surface area contributed by atoms with Gasteiger partial charge in [0.15, 0.2) is 0 Å². The Morgan fingerprint density at radius 1 is 1.03 bits per heavy atom. The van der Waals surface area contributed by atoms with Gasteiger partial charge >= 0.3 is 12.1 Å². The van der Waals surface area contributed by atoms with Gasteiger partial charge in [-0.15, -0.1) is 0 Å². The number of amides is 4. The molecule has 1 saturated heterocycles. The molecule has 0 unspecified atom stereocenters. The van der Waals surface area contributed by atoms with Crippen molar-refractivity contribution in [1.82, 2.24) is 14.7 Å². The highest BCUT2D eigenvalue weighted by molar-refractivity contribution is 6.08. The van der Waals surface area contributed by atoms with Crippen molar-refractivity contribution >= 4 is 18.0 Å². The van der Waals surface area contributed by atoms with Gasteiger partial charge < -0.3 is 19.3 Å². The van der Waals surface area contributed by atoms with Crippen LogP contribution in [-0.2, 0) is 21.6 Å². The molecule has 5 rings (SSSR count). The Bertz CT molecular complexity index is 1230. The zero-order chi connectivity index (χ0) is 28.0. The molecular weight excluding hydrogens is 494 g/mol. The predicted molar refractivity (Wildman–Crippen MR) is 147 cm³/mol. The van der Waals surface area contributed by atoms with Gasteiger partial charge in [0.25, 0.3) is 5.91 Å². The Morgan fingerprint density at radius 2 is 1.67 bits per heavy atom. The van der Waals surface area contributed by atoms with E-state index in [2.05, 4.69) is 0 Å². The average Bonchev–Trinajstić information content (AvgIpc) is 3.05. The summed E-state index contributed by atoms with van der Waals surface area (Å²) in [7, 11) is 3.34. The maximum absolute atomic E-state index is 14.2. The van der Waals surface area contributed by atoms with Crippen LogP contribution in [0.2, 0.25) is 0 Å². The smallest absolute Gasteiger partial charge is 0.410 e. The molecule has 208 valence electrons. The SMILES string of the molecule is COc1ccc(CN2C(=O)N(CC3CCC3)[C@]3(C[C@@](c4ccccc4)(N(C)C(=O)OC(C)(C)C)C3)C2=O)cc1. The first-order valence-corrected chi connectivity index (χ1v) is 13.8. The lowest BCUT2D eigenvalue weighted by Gasteiger charge is -2.59. The van der Waals surface area contributed by atoms with Crippen molar-refractivity contribution in [1.29, 1.82) is 0 Å². The van der Waals surface area contributed by atoms with Crippen LogP contribution in [0.5, 0.6) is 5.75 Å². The molecule has 2 saturated carbocycles. The van der Waals surface area contributed by atoms with E-state index in [-0.39, 0.29) is 18.5 Å². The van der Waals surface area contributed by atoms with E-state index in [1.807, 2.05) is 80.3 Å². The number of hydrogen-bond acceptors (Lipinski definition) is 5. The molecule has 1 spiro atoms. The van der Waals surface area contributed by atoms with Crippen LogP contribution in [0.1, 0.15) is 64.0 Å². The molecule has 8 nitrogen and oxygen atoms in total. The summed E-state index contributed by atoms with van der Waals surface area (Å²) in [6.45, 7) is 6.28. The third kappa shape index (κ3) is 4.74. The maximum atomic E-state index is 14.2. The lowest BCUT2D eigenvalue weighted by atomic mass is 9.58. The van der Waals surface area contributed by atoms with Crippen LogP contribution in [0.25, 0.3) is 0 Å². The van der Waals surface area contributed by atoms with Crippen molar-refractivity contribution in [2.75, 3.05) is 20.7 Å². The fourth-order valence-electron chi connectivity index (χ4n) is 6.17. The Balaban J connectivity index is 1.48. The van der Waals surface area contributed by atoms with Gasteiger partial charge in [-0.05, 0) is 62.8 Å². The molecule has 0 atom stereocenters. The molecule has 0 radical (unpaired) electrons. The monoisotopic (exact) mass is 533 g/mol. The highest BCUT2D eigenvalue weighted by atomic mass is 16.6. The second kappa shape index (κ2) is 9.88. The topological polar surface area (TPSA) is 79.4 Å². The van der Waals surface area contributed by atoms with Crippen LogP contribution >= 0.6 is 0 Å². The summed E-state index contributed by atoms with van der Waals surface area (Å²) in [6.07, 6.45) is 3.49. The third-order valence-electron chi connectivity index (χ3n) is 8.58. The van der Waals surface area contributed by atoms with Crippen LogP contribution in [0.3, 0.4) is 0 Å². The van der Waals surface area contributed by atoms with Gasteiger partial charge in [0.1, 0.15) is 16.9 Å². The molecule has 39 heavy (non-hydrogen) atoms. The number of carbonyl (C=O) groups is 3. The summed E-state index contributed by atoms with van der Waals surface area (Å²) in [5, 5.41) is 0. The second-order valence-corrected chi connectivity index (χ2v) is 12.3. The lowest BCUT2D eigenvalue weighted by molar-refractivity contribution is -0.151. The minimum absolute atomic E-state index is 0.188. The summed E-state index contributed by atoms with van der Waals surface area (Å²) in [4.78, 5) is 46.2. The standard InChI is InChI=1S/C31H39N3O5/c1-29(2,3)39-28(37)32(4)30(24-12-7-6-8-13-24)20-31(21-30)26(35)33(18-23-14-16-25(38-5)17-15-23)27(36)34(31)19-22-10-9-11-22/h6-8,12-17,22H,9-11,18-21H2,1-5H3/t30-,31+. The van der Waals surface area contributed by atoms with Crippen molar-refractivity contribution in [2.45, 2.75) is 76.1 Å². The first kappa shape index (κ1) is 27.0. The van der Waals surface area contributed by atoms with E-state index in [0.717, 1.165) is 36.1 Å². The van der Waals surface area contributed by atoms with E-state index in [4.69, 9.17) is 9.47 Å². The number of hydrogen-bond donors (Lipinski definition) is 0. The van der Waals surface area contributed by atoms with Crippen molar-refractivity contribution in [3.63, 3.8) is 0 Å². The van der Waals surface area contributed by atoms with E-state index in [9.17, 15) is 14.4 Å². The Kier molecular flexibility index (Phi) is 6.85. The van der Waals surface area contributed by atoms with Crippen LogP contribution in [0, 0.1) is 5.92 Å². The van der Waals surface area contributed by atoms with E-state index in [1.54, 1.807) is 19.1 Å². The zero-order valence-electron chi connectivity index (χ0n) is 23.6. The van der Waals surface area contributed by atoms with Gasteiger partial charge in [-0.3, -0.25) is 9.69 Å². The molecule has 3 fully saturated rings. The summed E-state index contributed by atoms with van der Waals surface area (Å²) < 4.78 is 11.0. The highest BCUT2D eigenvalue weighted by Gasteiger charge is 2.71. The van der Waals surface area contributed by atoms with Crippen LogP contribution in [0.4, 0.5) is 9.59 Å². The molecule has 2 aliphatic carbocycles. The number of nitrogens with zero attached hydrogens (tertiary/aromatic N) is 3. The van der Waals surface area contributed by atoms with Crippen LogP contribution in [0.15, 0.2) is 54.6 Å². The van der Waals surface area contributed by atoms with Gasteiger partial charge in [0, 0.05) is 26.4 Å². The predicted octanol–water partition coefficient (Wildman–Crippen LogP) is 5.55. The average molecular weight is 534 g/mol. The molecule has 8 heteroatoms. The molecular formula is C31H39N3O5. The van der Waals surface area contributed by atoms with Gasteiger partial charge in [0.2, 0.25) is 0 Å². The number of benzene rings is 2. The summed E-state index contributed by atoms with van der Waals surface area (Å²) in [5.41, 5.74) is -0.632. The Morgan fingerprint density at radius 3 is 2.21 bits per heavy atom. The first-order chi connectivity index (χ1) is 18.5. The number of imide groups is 1. The van der Waals surface area contributed by atoms with Crippen molar-refractivity contribution < 1.29 is 23.9 Å². The zero-order valence-corrected chi connectivity index (χ0v) is 23.6. The van der Waals surface area contributed by atoms with Gasteiger partial charge in [-0.2, -0.15) is 0 Å². The Labute approximate surface area is 230 Å². The molecule has 3 aliphatic rings. The fraction of sp³-hybridized carbons (Fsp3) is 0.516. The van der Waals surface area contributed by atoms with E-state index in [1.165, 1.54) is 4.90 Å². The number of methoxy groups -OCH3 is 1. The van der Waals surface area contributed by atoms with Gasteiger partial charge in [-0.25, -0.2) is 9.59 Å². The molecule has 0 bridgehead atoms. The van der Waals surface area contributed by atoms with Crippen LogP contribution in [-0.4, -0.2) is 64.6 Å². The first-order valence-electron chi connectivity index (χ1n) is 13.8. The second-order valence-electron chi connectivity index (χ2n) is 12.3. The molecule has 1 aliphatic heterocycles. The summed E-state index contributed by atoms with van der Waals surface area (Å²) in [6, 6.07) is 17.0. The number of ether oxygens (including phenoxy) is 2. The lowest BCUT2D eigenvalue weighted by Crippen LogP contribution is -2.71. The van der Waals surface area contributed by atoms with E-state index >= 15 is 0 Å². The third-order valence-corrected chi connectivity index (χ3v) is 8.58. The maximum Gasteiger partial charge on any atom is 0.410 e. The van der Waals surface area contributed by atoms with Crippen molar-refractivity contribution in [2.24, 2.45) is 5.92 Å². The largest absolute Gasteiger partial charge is 0.497 e.